The third-order valence-electron chi connectivity index (χ3n) is 4.02. The van der Waals surface area contributed by atoms with Gasteiger partial charge < -0.3 is 9.32 Å². The van der Waals surface area contributed by atoms with Gasteiger partial charge in [0, 0.05) is 35.7 Å². The lowest BCUT2D eigenvalue weighted by Gasteiger charge is -2.22. The molecular formula is C19H18N2O4S. The molecule has 0 saturated carbocycles. The zero-order valence-electron chi connectivity index (χ0n) is 14.0. The Labute approximate surface area is 154 Å². The van der Waals surface area contributed by atoms with Crippen LogP contribution in [0.5, 0.6) is 0 Å². The summed E-state index contributed by atoms with van der Waals surface area (Å²) >= 11 is 1.67. The number of benzene rings is 1. The van der Waals surface area contributed by atoms with Crippen molar-refractivity contribution in [2.45, 2.75) is 19.4 Å². The van der Waals surface area contributed by atoms with Gasteiger partial charge in [-0.3, -0.25) is 14.9 Å². The van der Waals surface area contributed by atoms with Gasteiger partial charge in [-0.1, -0.05) is 18.2 Å². The molecule has 1 aromatic carbocycles. The van der Waals surface area contributed by atoms with E-state index in [4.69, 9.17) is 4.42 Å². The second kappa shape index (κ2) is 8.44. The van der Waals surface area contributed by atoms with E-state index in [-0.39, 0.29) is 18.0 Å². The van der Waals surface area contributed by atoms with E-state index in [1.165, 1.54) is 17.0 Å². The van der Waals surface area contributed by atoms with Gasteiger partial charge in [0.05, 0.1) is 23.9 Å². The number of carbonyl (C=O) groups excluding carboxylic acids is 1. The molecule has 0 unspecified atom stereocenters. The minimum Gasteiger partial charge on any atom is -0.472 e. The van der Waals surface area contributed by atoms with Crippen molar-refractivity contribution in [3.8, 4) is 0 Å². The van der Waals surface area contributed by atoms with Crippen molar-refractivity contribution in [2.75, 3.05) is 6.54 Å². The third-order valence-corrected chi connectivity index (χ3v) is 4.95. The maximum absolute atomic E-state index is 12.8. The maximum Gasteiger partial charge on any atom is 0.269 e. The topological polar surface area (TPSA) is 76.6 Å². The summed E-state index contributed by atoms with van der Waals surface area (Å²) in [5.74, 6) is -0.0170. The highest BCUT2D eigenvalue weighted by Crippen LogP contribution is 2.15. The van der Waals surface area contributed by atoms with Crippen molar-refractivity contribution >= 4 is 22.9 Å². The molecule has 0 atom stereocenters. The van der Waals surface area contributed by atoms with Gasteiger partial charge in [0.25, 0.3) is 5.69 Å². The van der Waals surface area contributed by atoms with E-state index in [9.17, 15) is 14.9 Å². The number of non-ortho nitro benzene ring substituents is 1. The molecule has 6 nitrogen and oxygen atoms in total. The Kier molecular flexibility index (Phi) is 5.80. The van der Waals surface area contributed by atoms with Crippen molar-refractivity contribution in [3.63, 3.8) is 0 Å². The van der Waals surface area contributed by atoms with Gasteiger partial charge in [0.1, 0.15) is 0 Å². The molecule has 0 bridgehead atoms. The van der Waals surface area contributed by atoms with Crippen molar-refractivity contribution in [3.05, 3.63) is 86.5 Å². The van der Waals surface area contributed by atoms with E-state index < -0.39 is 4.92 Å². The highest BCUT2D eigenvalue weighted by Gasteiger charge is 2.16. The SMILES string of the molecule is O=C(Cc1ccc([N+](=O)[O-])cc1)N(CCc1cccs1)Cc1ccoc1. The molecule has 0 saturated heterocycles. The number of rotatable bonds is 8. The Balaban J connectivity index is 1.67. The molecule has 0 aliphatic rings. The fourth-order valence-corrected chi connectivity index (χ4v) is 3.32. The van der Waals surface area contributed by atoms with Gasteiger partial charge >= 0.3 is 0 Å². The normalized spacial score (nSPS) is 10.6. The fourth-order valence-electron chi connectivity index (χ4n) is 2.62. The van der Waals surface area contributed by atoms with Crippen LogP contribution in [0, 0.1) is 10.1 Å². The van der Waals surface area contributed by atoms with Gasteiger partial charge in [-0.2, -0.15) is 0 Å². The molecule has 26 heavy (non-hydrogen) atoms. The Morgan fingerprint density at radius 1 is 1.15 bits per heavy atom. The van der Waals surface area contributed by atoms with Crippen LogP contribution in [0.1, 0.15) is 16.0 Å². The number of nitro benzene ring substituents is 1. The standard InChI is InChI=1S/C19H18N2O4S/c22-19(12-15-3-5-17(6-4-15)21(23)24)20(13-16-8-10-25-14-16)9-7-18-2-1-11-26-18/h1-6,8,10-11,14H,7,9,12-13H2. The second-order valence-corrected chi connectivity index (χ2v) is 6.91. The van der Waals surface area contributed by atoms with Gasteiger partial charge in [0.2, 0.25) is 5.91 Å². The Morgan fingerprint density at radius 3 is 2.58 bits per heavy atom. The number of nitrogens with zero attached hydrogens (tertiary/aromatic N) is 2. The molecule has 2 aromatic heterocycles. The fraction of sp³-hybridized carbons (Fsp3) is 0.211. The Morgan fingerprint density at radius 2 is 1.96 bits per heavy atom. The van der Waals surface area contributed by atoms with Crippen LogP contribution in [0.3, 0.4) is 0 Å². The Hall–Kier alpha value is -2.93. The van der Waals surface area contributed by atoms with E-state index in [0.717, 1.165) is 17.5 Å². The second-order valence-electron chi connectivity index (χ2n) is 5.88. The number of thiophene rings is 1. The molecule has 3 aromatic rings. The van der Waals surface area contributed by atoms with Crippen LogP contribution in [0.2, 0.25) is 0 Å². The van der Waals surface area contributed by atoms with Gasteiger partial charge in [-0.15, -0.1) is 11.3 Å². The van der Waals surface area contributed by atoms with Crippen LogP contribution in [-0.4, -0.2) is 22.3 Å². The molecule has 2 heterocycles. The molecule has 0 fully saturated rings. The van der Waals surface area contributed by atoms with Gasteiger partial charge in [0.15, 0.2) is 0 Å². The summed E-state index contributed by atoms with van der Waals surface area (Å²) in [5, 5.41) is 12.8. The maximum atomic E-state index is 12.8. The third kappa shape index (κ3) is 4.80. The first kappa shape index (κ1) is 17.9. The summed E-state index contributed by atoms with van der Waals surface area (Å²) in [7, 11) is 0. The first-order valence-electron chi connectivity index (χ1n) is 8.16. The van der Waals surface area contributed by atoms with Gasteiger partial charge in [-0.05, 0) is 29.5 Å². The van der Waals surface area contributed by atoms with Crippen molar-refractivity contribution in [1.82, 2.24) is 4.90 Å². The number of carbonyl (C=O) groups is 1. The smallest absolute Gasteiger partial charge is 0.269 e. The van der Waals surface area contributed by atoms with E-state index in [1.54, 1.807) is 40.9 Å². The summed E-state index contributed by atoms with van der Waals surface area (Å²) in [6, 6.07) is 12.0. The highest BCUT2D eigenvalue weighted by atomic mass is 32.1. The number of hydrogen-bond donors (Lipinski definition) is 0. The van der Waals surface area contributed by atoms with Crippen LogP contribution in [0.25, 0.3) is 0 Å². The highest BCUT2D eigenvalue weighted by molar-refractivity contribution is 7.09. The summed E-state index contributed by atoms with van der Waals surface area (Å²) in [4.78, 5) is 26.1. The number of furan rings is 1. The quantitative estimate of drug-likeness (QED) is 0.442. The molecular weight excluding hydrogens is 352 g/mol. The molecule has 1 amide bonds. The molecule has 0 spiro atoms. The molecule has 0 N–H and O–H groups in total. The number of hydrogen-bond acceptors (Lipinski definition) is 5. The predicted octanol–water partition coefficient (Wildman–Crippen LogP) is 4.06. The average Bonchev–Trinajstić information content (AvgIpc) is 3.32. The van der Waals surface area contributed by atoms with Crippen LogP contribution < -0.4 is 0 Å². The largest absolute Gasteiger partial charge is 0.472 e. The lowest BCUT2D eigenvalue weighted by atomic mass is 10.1. The minimum absolute atomic E-state index is 0.0170. The molecule has 7 heteroatoms. The molecule has 0 aliphatic heterocycles. The first-order chi connectivity index (χ1) is 12.6. The van der Waals surface area contributed by atoms with Gasteiger partial charge in [-0.25, -0.2) is 0 Å². The molecule has 134 valence electrons. The minimum atomic E-state index is -0.447. The van der Waals surface area contributed by atoms with E-state index in [0.29, 0.717) is 13.1 Å². The summed E-state index contributed by atoms with van der Waals surface area (Å²) < 4.78 is 5.10. The predicted molar refractivity (Wildman–Crippen MR) is 98.9 cm³/mol. The number of nitro groups is 1. The zero-order valence-corrected chi connectivity index (χ0v) is 14.9. The van der Waals surface area contributed by atoms with Crippen LogP contribution >= 0.6 is 11.3 Å². The van der Waals surface area contributed by atoms with Crippen molar-refractivity contribution in [1.29, 1.82) is 0 Å². The van der Waals surface area contributed by atoms with E-state index >= 15 is 0 Å². The molecule has 0 aliphatic carbocycles. The van der Waals surface area contributed by atoms with Crippen LogP contribution in [0.15, 0.2) is 64.8 Å². The van der Waals surface area contributed by atoms with Crippen molar-refractivity contribution < 1.29 is 14.1 Å². The first-order valence-corrected chi connectivity index (χ1v) is 9.04. The number of amides is 1. The summed E-state index contributed by atoms with van der Waals surface area (Å²) in [5.41, 5.74) is 1.72. The molecule has 3 rings (SSSR count). The van der Waals surface area contributed by atoms with Crippen LogP contribution in [0.4, 0.5) is 5.69 Å². The average molecular weight is 370 g/mol. The summed E-state index contributed by atoms with van der Waals surface area (Å²) in [6.45, 7) is 1.09. The lowest BCUT2D eigenvalue weighted by Crippen LogP contribution is -2.33. The van der Waals surface area contributed by atoms with Crippen molar-refractivity contribution in [2.24, 2.45) is 0 Å². The monoisotopic (exact) mass is 370 g/mol. The van der Waals surface area contributed by atoms with Crippen LogP contribution in [-0.2, 0) is 24.2 Å². The Bertz CT molecular complexity index is 842. The lowest BCUT2D eigenvalue weighted by molar-refractivity contribution is -0.384. The summed E-state index contributed by atoms with van der Waals surface area (Å²) in [6.07, 6.45) is 4.23. The zero-order chi connectivity index (χ0) is 18.4. The van der Waals surface area contributed by atoms with E-state index in [1.807, 2.05) is 17.5 Å². The molecule has 0 radical (unpaired) electrons. The van der Waals surface area contributed by atoms with E-state index in [2.05, 4.69) is 6.07 Å².